The lowest BCUT2D eigenvalue weighted by atomic mass is 9.98. The molecule has 1 aromatic carbocycles. The van der Waals surface area contributed by atoms with Gasteiger partial charge in [0.1, 0.15) is 10.7 Å². The molecule has 0 unspecified atom stereocenters. The van der Waals surface area contributed by atoms with Gasteiger partial charge in [0.2, 0.25) is 10.0 Å². The number of pyridine rings is 1. The Labute approximate surface area is 174 Å². The molecular formula is C20H23FN4O4S. The molecule has 1 aliphatic heterocycles. The Balaban J connectivity index is 1.41. The molecule has 0 bridgehead atoms. The minimum absolute atomic E-state index is 0.0826. The van der Waals surface area contributed by atoms with Crippen molar-refractivity contribution in [3.63, 3.8) is 0 Å². The van der Waals surface area contributed by atoms with Crippen LogP contribution in [0.1, 0.15) is 18.4 Å². The second kappa shape index (κ2) is 9.77. The number of piperidine rings is 1. The van der Waals surface area contributed by atoms with Crippen LogP contribution in [0.25, 0.3) is 0 Å². The van der Waals surface area contributed by atoms with Crippen molar-refractivity contribution < 1.29 is 22.4 Å². The van der Waals surface area contributed by atoms with Gasteiger partial charge in [-0.25, -0.2) is 12.8 Å². The molecule has 2 heterocycles. The first-order valence-corrected chi connectivity index (χ1v) is 11.0. The van der Waals surface area contributed by atoms with Crippen LogP contribution in [0, 0.1) is 11.7 Å². The van der Waals surface area contributed by atoms with E-state index in [0.717, 1.165) is 0 Å². The predicted octanol–water partition coefficient (Wildman–Crippen LogP) is 1.05. The van der Waals surface area contributed by atoms with Crippen molar-refractivity contribution in [2.75, 3.05) is 19.6 Å². The van der Waals surface area contributed by atoms with Gasteiger partial charge in [0.15, 0.2) is 0 Å². The summed E-state index contributed by atoms with van der Waals surface area (Å²) in [4.78, 5) is 27.9. The van der Waals surface area contributed by atoms with Crippen LogP contribution in [-0.2, 0) is 26.2 Å². The van der Waals surface area contributed by atoms with Crippen LogP contribution in [0.15, 0.2) is 53.7 Å². The number of halogens is 1. The Kier molecular flexibility index (Phi) is 7.11. The number of aromatic nitrogens is 1. The monoisotopic (exact) mass is 434 g/mol. The maximum Gasteiger partial charge on any atom is 0.309 e. The fraction of sp³-hybridized carbons (Fsp3) is 0.350. The van der Waals surface area contributed by atoms with Gasteiger partial charge in [0.25, 0.3) is 0 Å². The molecule has 1 saturated heterocycles. The molecule has 0 spiro atoms. The van der Waals surface area contributed by atoms with Crippen molar-refractivity contribution in [2.24, 2.45) is 5.92 Å². The number of amides is 2. The Morgan fingerprint density at radius 3 is 2.37 bits per heavy atom. The van der Waals surface area contributed by atoms with Crippen LogP contribution in [-0.4, -0.2) is 49.2 Å². The Morgan fingerprint density at radius 2 is 1.73 bits per heavy atom. The number of benzene rings is 1. The van der Waals surface area contributed by atoms with Crippen molar-refractivity contribution in [3.05, 3.63) is 60.2 Å². The zero-order valence-electron chi connectivity index (χ0n) is 16.3. The molecule has 2 aromatic rings. The molecule has 10 heteroatoms. The maximum atomic E-state index is 12.9. The summed E-state index contributed by atoms with van der Waals surface area (Å²) in [5.41, 5.74) is 0.680. The molecule has 30 heavy (non-hydrogen) atoms. The highest BCUT2D eigenvalue weighted by atomic mass is 32.2. The number of carbonyl (C=O) groups excluding carboxylic acids is 2. The number of hydrogen-bond donors (Lipinski definition) is 2. The highest BCUT2D eigenvalue weighted by molar-refractivity contribution is 7.89. The average Bonchev–Trinajstić information content (AvgIpc) is 2.77. The quantitative estimate of drug-likeness (QED) is 0.661. The molecule has 0 saturated carbocycles. The van der Waals surface area contributed by atoms with E-state index in [1.165, 1.54) is 47.0 Å². The number of nitrogens with zero attached hydrogens (tertiary/aromatic N) is 2. The van der Waals surface area contributed by atoms with Gasteiger partial charge in [-0.1, -0.05) is 12.1 Å². The molecule has 1 aromatic heterocycles. The topological polar surface area (TPSA) is 108 Å². The summed E-state index contributed by atoms with van der Waals surface area (Å²) in [6, 6.07) is 8.71. The van der Waals surface area contributed by atoms with Gasteiger partial charge in [0, 0.05) is 38.6 Å². The summed E-state index contributed by atoms with van der Waals surface area (Å²) in [5, 5.41) is 5.08. The van der Waals surface area contributed by atoms with E-state index in [-0.39, 0.29) is 23.2 Å². The Morgan fingerprint density at radius 1 is 1.07 bits per heavy atom. The number of carbonyl (C=O) groups is 2. The Bertz CT molecular complexity index is 976. The molecule has 0 aliphatic carbocycles. The number of hydrogen-bond acceptors (Lipinski definition) is 5. The summed E-state index contributed by atoms with van der Waals surface area (Å²) >= 11 is 0. The van der Waals surface area contributed by atoms with E-state index < -0.39 is 21.8 Å². The first-order chi connectivity index (χ1) is 14.4. The van der Waals surface area contributed by atoms with Gasteiger partial charge < -0.3 is 10.6 Å². The predicted molar refractivity (Wildman–Crippen MR) is 107 cm³/mol. The van der Waals surface area contributed by atoms with Crippen LogP contribution in [0.3, 0.4) is 0 Å². The third-order valence-corrected chi connectivity index (χ3v) is 6.85. The SMILES string of the molecule is O=C(NCc1ccc(F)cc1)C(=O)NCC1CCN(S(=O)(=O)c2cccnc2)CC1. The zero-order chi connectivity index (χ0) is 21.6. The minimum Gasteiger partial charge on any atom is -0.348 e. The second-order valence-corrected chi connectivity index (χ2v) is 8.99. The van der Waals surface area contributed by atoms with Crippen LogP contribution in [0.4, 0.5) is 4.39 Å². The van der Waals surface area contributed by atoms with Gasteiger partial charge >= 0.3 is 11.8 Å². The van der Waals surface area contributed by atoms with Crippen molar-refractivity contribution >= 4 is 21.8 Å². The first kappa shape index (κ1) is 21.8. The Hall–Kier alpha value is -2.85. The van der Waals surface area contributed by atoms with Gasteiger partial charge in [-0.15, -0.1) is 0 Å². The fourth-order valence-electron chi connectivity index (χ4n) is 3.18. The third-order valence-electron chi connectivity index (χ3n) is 4.97. The van der Waals surface area contributed by atoms with E-state index in [1.54, 1.807) is 6.07 Å². The van der Waals surface area contributed by atoms with Gasteiger partial charge in [0.05, 0.1) is 0 Å². The summed E-state index contributed by atoms with van der Waals surface area (Å²) in [6.45, 7) is 1.10. The highest BCUT2D eigenvalue weighted by Crippen LogP contribution is 2.22. The lowest BCUT2D eigenvalue weighted by Crippen LogP contribution is -2.44. The van der Waals surface area contributed by atoms with Crippen LogP contribution in [0.5, 0.6) is 0 Å². The van der Waals surface area contributed by atoms with E-state index in [9.17, 15) is 22.4 Å². The molecule has 8 nitrogen and oxygen atoms in total. The zero-order valence-corrected chi connectivity index (χ0v) is 17.1. The van der Waals surface area contributed by atoms with Gasteiger partial charge in [-0.3, -0.25) is 14.6 Å². The van der Waals surface area contributed by atoms with Gasteiger partial charge in [-0.2, -0.15) is 4.31 Å². The smallest absolute Gasteiger partial charge is 0.309 e. The normalized spacial score (nSPS) is 15.5. The largest absolute Gasteiger partial charge is 0.348 e. The second-order valence-electron chi connectivity index (χ2n) is 7.06. The maximum absolute atomic E-state index is 12.9. The van der Waals surface area contributed by atoms with Crippen molar-refractivity contribution in [1.29, 1.82) is 0 Å². The van der Waals surface area contributed by atoms with Gasteiger partial charge in [-0.05, 0) is 48.6 Å². The molecule has 3 rings (SSSR count). The van der Waals surface area contributed by atoms with Crippen LogP contribution in [0.2, 0.25) is 0 Å². The molecule has 0 radical (unpaired) electrons. The van der Waals surface area contributed by atoms with E-state index in [2.05, 4.69) is 15.6 Å². The molecule has 2 N–H and O–H groups in total. The first-order valence-electron chi connectivity index (χ1n) is 9.57. The van der Waals surface area contributed by atoms with E-state index in [1.807, 2.05) is 0 Å². The minimum atomic E-state index is -3.57. The van der Waals surface area contributed by atoms with Crippen molar-refractivity contribution in [2.45, 2.75) is 24.3 Å². The number of nitrogens with one attached hydrogen (secondary N) is 2. The molecule has 2 amide bonds. The molecule has 1 fully saturated rings. The lowest BCUT2D eigenvalue weighted by Gasteiger charge is -2.31. The molecule has 160 valence electrons. The standard InChI is InChI=1S/C20H23FN4O4S/c21-17-5-3-15(4-6-17)12-23-19(26)20(27)24-13-16-7-10-25(11-8-16)30(28,29)18-2-1-9-22-14-18/h1-6,9,14,16H,7-8,10-13H2,(H,23,26)(H,24,27). The molecule has 0 atom stereocenters. The van der Waals surface area contributed by atoms with Crippen molar-refractivity contribution in [3.8, 4) is 0 Å². The molecular weight excluding hydrogens is 411 g/mol. The van der Waals surface area contributed by atoms with E-state index in [0.29, 0.717) is 38.0 Å². The van der Waals surface area contributed by atoms with Crippen molar-refractivity contribution in [1.82, 2.24) is 19.9 Å². The number of rotatable bonds is 6. The number of sulfonamides is 1. The summed E-state index contributed by atoms with van der Waals surface area (Å²) < 4.78 is 39.5. The van der Waals surface area contributed by atoms with E-state index >= 15 is 0 Å². The fourth-order valence-corrected chi connectivity index (χ4v) is 4.62. The summed E-state index contributed by atoms with van der Waals surface area (Å²) in [7, 11) is -3.57. The van der Waals surface area contributed by atoms with Crippen LogP contribution >= 0.6 is 0 Å². The average molecular weight is 434 g/mol. The van der Waals surface area contributed by atoms with Crippen LogP contribution < -0.4 is 10.6 Å². The molecule has 1 aliphatic rings. The highest BCUT2D eigenvalue weighted by Gasteiger charge is 2.29. The lowest BCUT2D eigenvalue weighted by molar-refractivity contribution is -0.139. The van der Waals surface area contributed by atoms with E-state index in [4.69, 9.17) is 0 Å². The third kappa shape index (κ3) is 5.61. The summed E-state index contributed by atoms with van der Waals surface area (Å²) in [5.74, 6) is -1.81. The summed E-state index contributed by atoms with van der Waals surface area (Å²) in [6.07, 6.45) is 4.00.